The zero-order valence-corrected chi connectivity index (χ0v) is 31.3. The van der Waals surface area contributed by atoms with Crippen molar-refractivity contribution in [2.24, 2.45) is 0 Å². The second kappa shape index (κ2) is 18.1. The fourth-order valence-corrected chi connectivity index (χ4v) is 6.33. The number of aromatic nitrogens is 3. The number of rotatable bonds is 18. The molecule has 51 heavy (non-hydrogen) atoms. The molecule has 1 amide bonds. The number of aliphatic hydroxyl groups excluding tert-OH is 2. The van der Waals surface area contributed by atoms with Crippen LogP contribution in [-0.2, 0) is 32.0 Å². The maximum absolute atomic E-state index is 13.3. The SMILES string of the molecule is CCCN(CCC)c1ccc2cc(/C=C(\C#N)C(=O)NC(C)(C)CCOC(C)(CC)Cc3cn(C[C@H]4O[C@H](OC)C[C@@H](O)[C@@H]4O)nn3)ccc2c1. The standard InChI is InChI=1S/C39H56N6O6/c1-8-16-44(17-9-2)32-14-13-28-19-27(11-12-29(28)21-32)20-30(24-40)37(48)41-38(4,5)15-18-50-39(6,10-3)23-31-25-45(43-42-31)26-34-36(47)33(46)22-35(49-7)51-34/h11-14,19-21,25,33-36,46-47H,8-10,15-18,22-23,26H2,1-7H3,(H,41,48)/b30-20+/t33-,34-,35+,36+,39?/m1/s1. The van der Waals surface area contributed by atoms with Crippen molar-refractivity contribution in [3.63, 3.8) is 0 Å². The van der Waals surface area contributed by atoms with Gasteiger partial charge < -0.3 is 34.6 Å². The summed E-state index contributed by atoms with van der Waals surface area (Å²) in [5.41, 5.74) is 1.56. The molecule has 0 saturated carbocycles. The molecule has 3 aromatic rings. The number of amides is 1. The van der Waals surface area contributed by atoms with E-state index in [1.165, 1.54) is 12.8 Å². The summed E-state index contributed by atoms with van der Waals surface area (Å²) in [6.07, 6.45) is 4.22. The van der Waals surface area contributed by atoms with Gasteiger partial charge in [0.15, 0.2) is 6.29 Å². The smallest absolute Gasteiger partial charge is 0.262 e. The van der Waals surface area contributed by atoms with Crippen LogP contribution in [0.1, 0.15) is 84.9 Å². The van der Waals surface area contributed by atoms with Crippen LogP contribution in [0.3, 0.4) is 0 Å². The molecule has 1 aliphatic heterocycles. The normalized spacial score (nSPS) is 20.9. The third-order valence-corrected chi connectivity index (χ3v) is 9.56. The molecule has 5 atom stereocenters. The molecule has 278 valence electrons. The van der Waals surface area contributed by atoms with E-state index in [2.05, 4.69) is 58.6 Å². The molecular formula is C39H56N6O6. The molecule has 1 saturated heterocycles. The number of carbonyl (C=O) groups excluding carboxylic acids is 1. The minimum absolute atomic E-state index is 0.0388. The predicted molar refractivity (Wildman–Crippen MR) is 198 cm³/mol. The average molecular weight is 705 g/mol. The van der Waals surface area contributed by atoms with E-state index < -0.39 is 41.6 Å². The van der Waals surface area contributed by atoms with Crippen molar-refractivity contribution < 1.29 is 29.2 Å². The van der Waals surface area contributed by atoms with Crippen molar-refractivity contribution >= 4 is 28.4 Å². The second-order valence-corrected chi connectivity index (χ2v) is 14.4. The first kappa shape index (κ1) is 39.9. The van der Waals surface area contributed by atoms with Gasteiger partial charge in [-0.15, -0.1) is 5.10 Å². The van der Waals surface area contributed by atoms with Crippen molar-refractivity contribution in [1.29, 1.82) is 5.26 Å². The van der Waals surface area contributed by atoms with Crippen LogP contribution in [0, 0.1) is 11.3 Å². The van der Waals surface area contributed by atoms with Crippen molar-refractivity contribution in [1.82, 2.24) is 20.3 Å². The number of hydrogen-bond acceptors (Lipinski definition) is 10. The lowest BCUT2D eigenvalue weighted by molar-refractivity contribution is -0.245. The van der Waals surface area contributed by atoms with Gasteiger partial charge in [0.05, 0.1) is 23.9 Å². The van der Waals surface area contributed by atoms with Crippen LogP contribution >= 0.6 is 0 Å². The van der Waals surface area contributed by atoms with Crippen LogP contribution in [0.5, 0.6) is 0 Å². The number of carbonyl (C=O) groups is 1. The first-order valence-electron chi connectivity index (χ1n) is 18.1. The molecule has 3 N–H and O–H groups in total. The number of benzene rings is 2. The molecular weight excluding hydrogens is 648 g/mol. The Morgan fingerprint density at radius 3 is 2.51 bits per heavy atom. The van der Waals surface area contributed by atoms with E-state index in [0.29, 0.717) is 31.6 Å². The number of ether oxygens (including phenoxy) is 3. The molecule has 0 radical (unpaired) electrons. The van der Waals surface area contributed by atoms with Gasteiger partial charge in [0.2, 0.25) is 0 Å². The molecule has 2 aromatic carbocycles. The van der Waals surface area contributed by atoms with Gasteiger partial charge in [0.25, 0.3) is 5.91 Å². The Morgan fingerprint density at radius 2 is 1.84 bits per heavy atom. The zero-order valence-electron chi connectivity index (χ0n) is 31.3. The first-order chi connectivity index (χ1) is 24.3. The largest absolute Gasteiger partial charge is 0.390 e. The fourth-order valence-electron chi connectivity index (χ4n) is 6.33. The summed E-state index contributed by atoms with van der Waals surface area (Å²) in [6, 6.07) is 14.5. The highest BCUT2D eigenvalue weighted by Gasteiger charge is 2.37. The lowest BCUT2D eigenvalue weighted by Gasteiger charge is -2.36. The number of nitrogens with one attached hydrogen (secondary N) is 1. The van der Waals surface area contributed by atoms with E-state index >= 15 is 0 Å². The van der Waals surface area contributed by atoms with Crippen molar-refractivity contribution in [2.45, 2.75) is 122 Å². The Kier molecular flexibility index (Phi) is 14.1. The molecule has 12 nitrogen and oxygen atoms in total. The summed E-state index contributed by atoms with van der Waals surface area (Å²) < 4.78 is 18.9. The molecule has 2 heterocycles. The Bertz CT molecular complexity index is 1660. The van der Waals surface area contributed by atoms with Gasteiger partial charge in [-0.05, 0) is 87.1 Å². The number of aliphatic hydroxyl groups is 2. The summed E-state index contributed by atoms with van der Waals surface area (Å²) in [4.78, 5) is 15.7. The highest BCUT2D eigenvalue weighted by molar-refractivity contribution is 6.02. The van der Waals surface area contributed by atoms with E-state index in [9.17, 15) is 20.3 Å². The van der Waals surface area contributed by atoms with Crippen molar-refractivity contribution in [2.75, 3.05) is 31.7 Å². The predicted octanol–water partition coefficient (Wildman–Crippen LogP) is 5.16. The van der Waals surface area contributed by atoms with Gasteiger partial charge in [0, 0.05) is 57.1 Å². The van der Waals surface area contributed by atoms with Gasteiger partial charge in [-0.25, -0.2) is 4.68 Å². The second-order valence-electron chi connectivity index (χ2n) is 14.4. The Hall–Kier alpha value is -3.86. The van der Waals surface area contributed by atoms with Gasteiger partial charge in [-0.3, -0.25) is 4.79 Å². The number of fused-ring (bicyclic) bond motifs is 1. The molecule has 1 aliphatic rings. The number of anilines is 1. The quantitative estimate of drug-likeness (QED) is 0.120. The van der Waals surface area contributed by atoms with Gasteiger partial charge in [-0.2, -0.15) is 5.26 Å². The van der Waals surface area contributed by atoms with Gasteiger partial charge in [-0.1, -0.05) is 44.2 Å². The lowest BCUT2D eigenvalue weighted by Crippen LogP contribution is -2.50. The summed E-state index contributed by atoms with van der Waals surface area (Å²) in [5.74, 6) is -0.431. The molecule has 0 bridgehead atoms. The molecule has 1 unspecified atom stereocenters. The highest BCUT2D eigenvalue weighted by Crippen LogP contribution is 2.26. The maximum atomic E-state index is 13.3. The third-order valence-electron chi connectivity index (χ3n) is 9.56. The molecule has 4 rings (SSSR count). The summed E-state index contributed by atoms with van der Waals surface area (Å²) in [5, 5.41) is 44.2. The lowest BCUT2D eigenvalue weighted by atomic mass is 9.96. The third kappa shape index (κ3) is 11.1. The van der Waals surface area contributed by atoms with E-state index in [1.807, 2.05) is 45.9 Å². The van der Waals surface area contributed by atoms with Gasteiger partial charge >= 0.3 is 0 Å². The van der Waals surface area contributed by atoms with Crippen LogP contribution in [0.25, 0.3) is 16.8 Å². The van der Waals surface area contributed by atoms with E-state index in [1.54, 1.807) is 17.0 Å². The Labute approximate surface area is 302 Å². The minimum Gasteiger partial charge on any atom is -0.390 e. The monoisotopic (exact) mass is 704 g/mol. The molecule has 1 fully saturated rings. The molecule has 0 spiro atoms. The molecule has 0 aliphatic carbocycles. The molecule has 1 aromatic heterocycles. The van der Waals surface area contributed by atoms with Crippen LogP contribution in [-0.4, -0.2) is 93.7 Å². The minimum atomic E-state index is -1.06. The number of methoxy groups -OCH3 is 1. The van der Waals surface area contributed by atoms with Crippen LogP contribution in [0.15, 0.2) is 48.2 Å². The average Bonchev–Trinajstić information content (AvgIpc) is 3.54. The maximum Gasteiger partial charge on any atom is 0.262 e. The topological polar surface area (TPSA) is 155 Å². The zero-order chi connectivity index (χ0) is 37.2. The Morgan fingerprint density at radius 1 is 1.14 bits per heavy atom. The molecule has 12 heteroatoms. The van der Waals surface area contributed by atoms with Crippen LogP contribution in [0.4, 0.5) is 5.69 Å². The van der Waals surface area contributed by atoms with Crippen LogP contribution < -0.4 is 10.2 Å². The van der Waals surface area contributed by atoms with E-state index in [-0.39, 0.29) is 18.5 Å². The number of nitriles is 1. The van der Waals surface area contributed by atoms with E-state index in [0.717, 1.165) is 42.3 Å². The Balaban J connectivity index is 1.32. The van der Waals surface area contributed by atoms with Gasteiger partial charge in [0.1, 0.15) is 23.9 Å². The summed E-state index contributed by atoms with van der Waals surface area (Å²) in [7, 11) is 1.50. The van der Waals surface area contributed by atoms with Crippen molar-refractivity contribution in [3.8, 4) is 6.07 Å². The highest BCUT2D eigenvalue weighted by atomic mass is 16.7. The number of hydrogen-bond donors (Lipinski definition) is 3. The van der Waals surface area contributed by atoms with Crippen molar-refractivity contribution in [3.05, 3.63) is 59.4 Å². The van der Waals surface area contributed by atoms with Crippen LogP contribution in [0.2, 0.25) is 0 Å². The first-order valence-corrected chi connectivity index (χ1v) is 18.1. The number of nitrogens with zero attached hydrogens (tertiary/aromatic N) is 5. The fraction of sp³-hybridized carbons (Fsp3) is 0.590. The summed E-state index contributed by atoms with van der Waals surface area (Å²) >= 11 is 0. The summed E-state index contributed by atoms with van der Waals surface area (Å²) in [6.45, 7) is 14.9. The van der Waals surface area contributed by atoms with E-state index in [4.69, 9.17) is 14.2 Å².